The van der Waals surface area contributed by atoms with Crippen LogP contribution in [0.2, 0.25) is 10.0 Å². The molecule has 0 aliphatic rings. The summed E-state index contributed by atoms with van der Waals surface area (Å²) in [5.41, 5.74) is 6.74. The van der Waals surface area contributed by atoms with Crippen molar-refractivity contribution < 1.29 is 5.11 Å². The molecule has 1 atom stereocenters. The molecule has 78 valence electrons. The van der Waals surface area contributed by atoms with Gasteiger partial charge in [-0.25, -0.2) is 0 Å². The van der Waals surface area contributed by atoms with Crippen LogP contribution >= 0.6 is 23.2 Å². The van der Waals surface area contributed by atoms with E-state index in [9.17, 15) is 0 Å². The standard InChI is InChI=1S/C10H13Cl2NO/c11-8-4-1-3-7(10(8)12)9(13)5-2-6-14/h1,3-4,9,14H,2,5-6,13H2/t9-/m0/s1. The van der Waals surface area contributed by atoms with Crippen LogP contribution in [-0.4, -0.2) is 11.7 Å². The van der Waals surface area contributed by atoms with Crippen molar-refractivity contribution in [1.29, 1.82) is 0 Å². The SMILES string of the molecule is N[C@@H](CCCO)c1cccc(Cl)c1Cl. The highest BCUT2D eigenvalue weighted by Crippen LogP contribution is 2.30. The molecule has 0 aromatic heterocycles. The fourth-order valence-electron chi connectivity index (χ4n) is 1.27. The molecule has 0 radical (unpaired) electrons. The summed E-state index contributed by atoms with van der Waals surface area (Å²) >= 11 is 11.8. The van der Waals surface area contributed by atoms with Gasteiger partial charge in [-0.3, -0.25) is 0 Å². The van der Waals surface area contributed by atoms with Gasteiger partial charge in [0.2, 0.25) is 0 Å². The Balaban J connectivity index is 2.79. The Morgan fingerprint density at radius 2 is 2.07 bits per heavy atom. The van der Waals surface area contributed by atoms with Crippen LogP contribution in [0.15, 0.2) is 18.2 Å². The smallest absolute Gasteiger partial charge is 0.0639 e. The van der Waals surface area contributed by atoms with E-state index in [1.165, 1.54) is 0 Å². The third kappa shape index (κ3) is 2.85. The topological polar surface area (TPSA) is 46.2 Å². The van der Waals surface area contributed by atoms with Gasteiger partial charge >= 0.3 is 0 Å². The highest BCUT2D eigenvalue weighted by Gasteiger charge is 2.11. The summed E-state index contributed by atoms with van der Waals surface area (Å²) in [4.78, 5) is 0. The van der Waals surface area contributed by atoms with Gasteiger partial charge in [0.25, 0.3) is 0 Å². The summed E-state index contributed by atoms with van der Waals surface area (Å²) in [6.45, 7) is 0.145. The summed E-state index contributed by atoms with van der Waals surface area (Å²) in [5, 5.41) is 9.70. The maximum absolute atomic E-state index is 8.67. The summed E-state index contributed by atoms with van der Waals surface area (Å²) in [6.07, 6.45) is 1.38. The summed E-state index contributed by atoms with van der Waals surface area (Å²) in [5.74, 6) is 0. The second-order valence-corrected chi connectivity index (χ2v) is 3.90. The lowest BCUT2D eigenvalue weighted by atomic mass is 10.0. The first-order chi connectivity index (χ1) is 6.66. The van der Waals surface area contributed by atoms with Crippen molar-refractivity contribution in [3.05, 3.63) is 33.8 Å². The average Bonchev–Trinajstić information content (AvgIpc) is 2.18. The number of aliphatic hydroxyl groups is 1. The van der Waals surface area contributed by atoms with E-state index in [2.05, 4.69) is 0 Å². The molecule has 0 amide bonds. The minimum absolute atomic E-state index is 0.145. The largest absolute Gasteiger partial charge is 0.396 e. The van der Waals surface area contributed by atoms with Gasteiger partial charge in [0.1, 0.15) is 0 Å². The summed E-state index contributed by atoms with van der Waals surface area (Å²) < 4.78 is 0. The van der Waals surface area contributed by atoms with Crippen molar-refractivity contribution in [1.82, 2.24) is 0 Å². The Bertz CT molecular complexity index is 304. The van der Waals surface area contributed by atoms with Gasteiger partial charge in [-0.1, -0.05) is 35.3 Å². The maximum atomic E-state index is 8.67. The summed E-state index contributed by atoms with van der Waals surface area (Å²) in [6, 6.07) is 5.25. The molecule has 0 unspecified atom stereocenters. The maximum Gasteiger partial charge on any atom is 0.0639 e. The predicted molar refractivity (Wildman–Crippen MR) is 59.7 cm³/mol. The van der Waals surface area contributed by atoms with E-state index in [4.69, 9.17) is 34.0 Å². The molecule has 0 bridgehead atoms. The lowest BCUT2D eigenvalue weighted by Gasteiger charge is -2.13. The first kappa shape index (κ1) is 11.8. The number of benzene rings is 1. The Morgan fingerprint density at radius 1 is 1.36 bits per heavy atom. The molecule has 0 aliphatic carbocycles. The van der Waals surface area contributed by atoms with Crippen LogP contribution in [0.4, 0.5) is 0 Å². The zero-order chi connectivity index (χ0) is 10.6. The molecule has 0 aliphatic heterocycles. The van der Waals surface area contributed by atoms with Gasteiger partial charge in [-0.15, -0.1) is 0 Å². The minimum atomic E-state index is -0.159. The molecule has 4 heteroatoms. The quantitative estimate of drug-likeness (QED) is 0.841. The Hall–Kier alpha value is -0.280. The predicted octanol–water partition coefficient (Wildman–Crippen LogP) is 2.77. The molecule has 3 N–H and O–H groups in total. The Labute approximate surface area is 93.6 Å². The van der Waals surface area contributed by atoms with E-state index >= 15 is 0 Å². The third-order valence-corrected chi connectivity index (χ3v) is 2.89. The molecule has 14 heavy (non-hydrogen) atoms. The molecule has 1 aromatic carbocycles. The van der Waals surface area contributed by atoms with Gasteiger partial charge in [-0.05, 0) is 24.5 Å². The van der Waals surface area contributed by atoms with E-state index in [1.807, 2.05) is 12.1 Å². The van der Waals surface area contributed by atoms with Crippen LogP contribution in [0.1, 0.15) is 24.4 Å². The normalized spacial score (nSPS) is 12.9. The van der Waals surface area contributed by atoms with Gasteiger partial charge in [0, 0.05) is 12.6 Å². The lowest BCUT2D eigenvalue weighted by molar-refractivity contribution is 0.280. The molecular formula is C10H13Cl2NO. The molecule has 0 fully saturated rings. The highest BCUT2D eigenvalue weighted by atomic mass is 35.5. The molecular weight excluding hydrogens is 221 g/mol. The van der Waals surface area contributed by atoms with E-state index in [-0.39, 0.29) is 12.6 Å². The van der Waals surface area contributed by atoms with Crippen LogP contribution in [0.5, 0.6) is 0 Å². The second kappa shape index (κ2) is 5.56. The molecule has 0 saturated carbocycles. The molecule has 2 nitrogen and oxygen atoms in total. The van der Waals surface area contributed by atoms with Crippen molar-refractivity contribution in [2.75, 3.05) is 6.61 Å². The molecule has 0 spiro atoms. The van der Waals surface area contributed by atoms with E-state index in [0.717, 1.165) is 5.56 Å². The number of hydrogen-bond donors (Lipinski definition) is 2. The van der Waals surface area contributed by atoms with Crippen LogP contribution < -0.4 is 5.73 Å². The second-order valence-electron chi connectivity index (χ2n) is 3.12. The van der Waals surface area contributed by atoms with Crippen molar-refractivity contribution in [2.45, 2.75) is 18.9 Å². The minimum Gasteiger partial charge on any atom is -0.396 e. The fourth-order valence-corrected chi connectivity index (χ4v) is 1.72. The van der Waals surface area contributed by atoms with Crippen LogP contribution in [0.25, 0.3) is 0 Å². The van der Waals surface area contributed by atoms with Gasteiger partial charge in [0.15, 0.2) is 0 Å². The average molecular weight is 234 g/mol. The highest BCUT2D eigenvalue weighted by molar-refractivity contribution is 6.42. The summed E-state index contributed by atoms with van der Waals surface area (Å²) in [7, 11) is 0. The van der Waals surface area contributed by atoms with Crippen molar-refractivity contribution in [2.24, 2.45) is 5.73 Å². The number of aliphatic hydroxyl groups excluding tert-OH is 1. The molecule has 1 rings (SSSR count). The van der Waals surface area contributed by atoms with E-state index in [1.54, 1.807) is 6.07 Å². The number of rotatable bonds is 4. The zero-order valence-electron chi connectivity index (χ0n) is 7.71. The monoisotopic (exact) mass is 233 g/mol. The zero-order valence-corrected chi connectivity index (χ0v) is 9.22. The van der Waals surface area contributed by atoms with Crippen molar-refractivity contribution in [3.63, 3.8) is 0 Å². The number of hydrogen-bond acceptors (Lipinski definition) is 2. The molecule has 1 aromatic rings. The van der Waals surface area contributed by atoms with Crippen LogP contribution in [-0.2, 0) is 0 Å². The Kier molecular flexibility index (Phi) is 4.69. The van der Waals surface area contributed by atoms with E-state index in [0.29, 0.717) is 22.9 Å². The number of nitrogens with two attached hydrogens (primary N) is 1. The lowest BCUT2D eigenvalue weighted by Crippen LogP contribution is -2.11. The van der Waals surface area contributed by atoms with Crippen LogP contribution in [0, 0.1) is 0 Å². The van der Waals surface area contributed by atoms with Gasteiger partial charge < -0.3 is 10.8 Å². The third-order valence-electron chi connectivity index (χ3n) is 2.05. The molecule has 0 saturated heterocycles. The Morgan fingerprint density at radius 3 is 2.71 bits per heavy atom. The van der Waals surface area contributed by atoms with Crippen molar-refractivity contribution in [3.8, 4) is 0 Å². The number of halogens is 2. The first-order valence-corrected chi connectivity index (χ1v) is 5.22. The van der Waals surface area contributed by atoms with Gasteiger partial charge in [-0.2, -0.15) is 0 Å². The van der Waals surface area contributed by atoms with Crippen LogP contribution in [0.3, 0.4) is 0 Å². The van der Waals surface area contributed by atoms with Gasteiger partial charge in [0.05, 0.1) is 10.0 Å². The van der Waals surface area contributed by atoms with Crippen molar-refractivity contribution >= 4 is 23.2 Å². The fraction of sp³-hybridized carbons (Fsp3) is 0.400. The molecule has 0 heterocycles. The first-order valence-electron chi connectivity index (χ1n) is 4.47. The van der Waals surface area contributed by atoms with E-state index < -0.39 is 0 Å².